The van der Waals surface area contributed by atoms with E-state index in [1.54, 1.807) is 12.4 Å². The Labute approximate surface area is 148 Å². The van der Waals surface area contributed by atoms with E-state index in [-0.39, 0.29) is 11.8 Å². The maximum Gasteiger partial charge on any atom is 0.224 e. The number of anilines is 1. The van der Waals surface area contributed by atoms with Crippen LogP contribution in [0.25, 0.3) is 11.2 Å². The Morgan fingerprint density at radius 3 is 3.00 bits per heavy atom. The van der Waals surface area contributed by atoms with Crippen molar-refractivity contribution >= 4 is 22.8 Å². The van der Waals surface area contributed by atoms with E-state index in [1.165, 1.54) is 0 Å². The molecule has 1 amide bonds. The lowest BCUT2D eigenvalue weighted by molar-refractivity contribution is -0.125. The van der Waals surface area contributed by atoms with E-state index in [4.69, 9.17) is 0 Å². The van der Waals surface area contributed by atoms with Crippen LogP contribution in [0.5, 0.6) is 0 Å². The van der Waals surface area contributed by atoms with Gasteiger partial charge >= 0.3 is 0 Å². The summed E-state index contributed by atoms with van der Waals surface area (Å²) < 4.78 is 0. The summed E-state index contributed by atoms with van der Waals surface area (Å²) in [6.45, 7) is 3.40. The van der Waals surface area contributed by atoms with Crippen molar-refractivity contribution in [1.82, 2.24) is 25.2 Å². The fraction of sp³-hybridized carbons (Fsp3) is 0.556. The SMILES string of the molecule is CN(C)CCCNC(=O)C1CCCN(c2cnc3nccnc3c2)C1. The first-order chi connectivity index (χ1) is 12.1. The first-order valence-electron chi connectivity index (χ1n) is 8.87. The third-order valence-electron chi connectivity index (χ3n) is 4.55. The van der Waals surface area contributed by atoms with E-state index in [0.29, 0.717) is 5.65 Å². The monoisotopic (exact) mass is 342 g/mol. The van der Waals surface area contributed by atoms with Crippen LogP contribution in [-0.2, 0) is 4.79 Å². The van der Waals surface area contributed by atoms with Crippen LogP contribution in [0.3, 0.4) is 0 Å². The van der Waals surface area contributed by atoms with E-state index in [9.17, 15) is 4.79 Å². The van der Waals surface area contributed by atoms with Gasteiger partial charge in [-0.15, -0.1) is 0 Å². The Hall–Kier alpha value is -2.28. The zero-order chi connectivity index (χ0) is 17.6. The summed E-state index contributed by atoms with van der Waals surface area (Å²) in [6.07, 6.45) is 8.07. The molecule has 3 heterocycles. The molecule has 1 aliphatic heterocycles. The van der Waals surface area contributed by atoms with Crippen molar-refractivity contribution in [3.05, 3.63) is 24.7 Å². The summed E-state index contributed by atoms with van der Waals surface area (Å²) >= 11 is 0. The number of amides is 1. The van der Waals surface area contributed by atoms with E-state index in [0.717, 1.165) is 56.6 Å². The molecule has 7 heteroatoms. The largest absolute Gasteiger partial charge is 0.369 e. The predicted octanol–water partition coefficient (Wildman–Crippen LogP) is 1.31. The zero-order valence-corrected chi connectivity index (χ0v) is 15.0. The Kier molecular flexibility index (Phi) is 5.75. The first-order valence-corrected chi connectivity index (χ1v) is 8.87. The number of aromatic nitrogens is 3. The van der Waals surface area contributed by atoms with Gasteiger partial charge in [-0.1, -0.05) is 0 Å². The Morgan fingerprint density at radius 2 is 2.16 bits per heavy atom. The number of nitrogens with one attached hydrogen (secondary N) is 1. The Balaban J connectivity index is 1.59. The average Bonchev–Trinajstić information content (AvgIpc) is 2.64. The van der Waals surface area contributed by atoms with E-state index >= 15 is 0 Å². The van der Waals surface area contributed by atoms with Crippen molar-refractivity contribution in [2.75, 3.05) is 45.2 Å². The molecular formula is C18H26N6O. The average molecular weight is 342 g/mol. The van der Waals surface area contributed by atoms with Crippen LogP contribution in [0, 0.1) is 5.92 Å². The third-order valence-corrected chi connectivity index (χ3v) is 4.55. The van der Waals surface area contributed by atoms with E-state index in [1.807, 2.05) is 26.4 Å². The molecule has 3 rings (SSSR count). The van der Waals surface area contributed by atoms with Gasteiger partial charge in [0.25, 0.3) is 0 Å². The highest BCUT2D eigenvalue weighted by Gasteiger charge is 2.26. The normalized spacial score (nSPS) is 17.9. The van der Waals surface area contributed by atoms with Gasteiger partial charge in [0.1, 0.15) is 5.52 Å². The summed E-state index contributed by atoms with van der Waals surface area (Å²) in [6, 6.07) is 2.01. The van der Waals surface area contributed by atoms with Gasteiger partial charge in [0.05, 0.1) is 17.8 Å². The molecule has 134 valence electrons. The minimum atomic E-state index is 0.0330. The van der Waals surface area contributed by atoms with Gasteiger partial charge in [-0.2, -0.15) is 0 Å². The third kappa shape index (κ3) is 4.63. The van der Waals surface area contributed by atoms with Gasteiger partial charge in [0.15, 0.2) is 5.65 Å². The number of rotatable bonds is 6. The minimum absolute atomic E-state index is 0.0330. The molecule has 0 saturated carbocycles. The van der Waals surface area contributed by atoms with Crippen LogP contribution in [0.4, 0.5) is 5.69 Å². The standard InChI is InChI=1S/C18H26N6O/c1-23(2)9-4-6-21-18(25)14-5-3-10-24(13-14)15-11-16-17(22-12-15)20-8-7-19-16/h7-8,11-12,14H,3-6,9-10,13H2,1-2H3,(H,21,25). The predicted molar refractivity (Wildman–Crippen MR) is 98.5 cm³/mol. The second kappa shape index (κ2) is 8.20. The molecular weight excluding hydrogens is 316 g/mol. The van der Waals surface area contributed by atoms with Crippen LogP contribution in [0.1, 0.15) is 19.3 Å². The highest BCUT2D eigenvalue weighted by molar-refractivity contribution is 5.80. The first kappa shape index (κ1) is 17.5. The summed E-state index contributed by atoms with van der Waals surface area (Å²) in [5.41, 5.74) is 2.45. The summed E-state index contributed by atoms with van der Waals surface area (Å²) in [7, 11) is 4.09. The van der Waals surface area contributed by atoms with Crippen LogP contribution in [-0.4, -0.2) is 66.0 Å². The molecule has 0 aliphatic carbocycles. The highest BCUT2D eigenvalue weighted by atomic mass is 16.1. The summed E-state index contributed by atoms with van der Waals surface area (Å²) in [5, 5.41) is 3.08. The van der Waals surface area contributed by atoms with Gasteiger partial charge in [0, 0.05) is 32.0 Å². The second-order valence-electron chi connectivity index (χ2n) is 6.83. The topological polar surface area (TPSA) is 74.2 Å². The summed E-state index contributed by atoms with van der Waals surface area (Å²) in [4.78, 5) is 29.7. The van der Waals surface area contributed by atoms with Crippen LogP contribution >= 0.6 is 0 Å². The summed E-state index contributed by atoms with van der Waals surface area (Å²) in [5.74, 6) is 0.197. The maximum absolute atomic E-state index is 12.4. The fourth-order valence-electron chi connectivity index (χ4n) is 3.20. The van der Waals surface area contributed by atoms with Gasteiger partial charge in [-0.25, -0.2) is 9.97 Å². The smallest absolute Gasteiger partial charge is 0.224 e. The molecule has 1 saturated heterocycles. The molecule has 1 atom stereocenters. The van der Waals surface area contributed by atoms with Gasteiger partial charge in [0.2, 0.25) is 5.91 Å². The Morgan fingerprint density at radius 1 is 1.32 bits per heavy atom. The van der Waals surface area contributed by atoms with Crippen molar-refractivity contribution in [2.45, 2.75) is 19.3 Å². The van der Waals surface area contributed by atoms with Gasteiger partial charge in [-0.05, 0) is 46.0 Å². The highest BCUT2D eigenvalue weighted by Crippen LogP contribution is 2.24. The number of fused-ring (bicyclic) bond motifs is 1. The van der Waals surface area contributed by atoms with Crippen LogP contribution in [0.2, 0.25) is 0 Å². The molecule has 1 fully saturated rings. The number of carbonyl (C=O) groups excluding carboxylic acids is 1. The molecule has 0 spiro atoms. The maximum atomic E-state index is 12.4. The van der Waals surface area contributed by atoms with Crippen LogP contribution < -0.4 is 10.2 Å². The van der Waals surface area contributed by atoms with Crippen molar-refractivity contribution in [3.63, 3.8) is 0 Å². The van der Waals surface area contributed by atoms with Crippen molar-refractivity contribution < 1.29 is 4.79 Å². The number of nitrogens with zero attached hydrogens (tertiary/aromatic N) is 5. The molecule has 1 aliphatic rings. The van der Waals surface area contributed by atoms with Crippen molar-refractivity contribution in [1.29, 1.82) is 0 Å². The molecule has 1 unspecified atom stereocenters. The number of piperidine rings is 1. The molecule has 0 bridgehead atoms. The fourth-order valence-corrected chi connectivity index (χ4v) is 3.20. The molecule has 7 nitrogen and oxygen atoms in total. The molecule has 0 aromatic carbocycles. The second-order valence-corrected chi connectivity index (χ2v) is 6.83. The number of hydrogen-bond acceptors (Lipinski definition) is 6. The van der Waals surface area contributed by atoms with Gasteiger partial charge < -0.3 is 15.1 Å². The van der Waals surface area contributed by atoms with Crippen LogP contribution in [0.15, 0.2) is 24.7 Å². The molecule has 25 heavy (non-hydrogen) atoms. The molecule has 2 aromatic heterocycles. The lowest BCUT2D eigenvalue weighted by atomic mass is 9.96. The number of hydrogen-bond donors (Lipinski definition) is 1. The van der Waals surface area contributed by atoms with E-state index < -0.39 is 0 Å². The van der Waals surface area contributed by atoms with E-state index in [2.05, 4.69) is 30.1 Å². The Bertz CT molecular complexity index is 720. The molecule has 0 radical (unpaired) electrons. The molecule has 1 N–H and O–H groups in total. The quantitative estimate of drug-likeness (QED) is 0.798. The number of pyridine rings is 1. The van der Waals surface area contributed by atoms with Crippen molar-refractivity contribution in [2.24, 2.45) is 5.92 Å². The molecule has 2 aromatic rings. The minimum Gasteiger partial charge on any atom is -0.369 e. The lowest BCUT2D eigenvalue weighted by Gasteiger charge is -2.33. The van der Waals surface area contributed by atoms with Crippen molar-refractivity contribution in [3.8, 4) is 0 Å². The van der Waals surface area contributed by atoms with Gasteiger partial charge in [-0.3, -0.25) is 9.78 Å². The number of carbonyl (C=O) groups is 1. The zero-order valence-electron chi connectivity index (χ0n) is 15.0. The lowest BCUT2D eigenvalue weighted by Crippen LogP contribution is -2.43.